The zero-order chi connectivity index (χ0) is 23.2. The molecule has 0 fully saturated rings. The lowest BCUT2D eigenvalue weighted by molar-refractivity contribution is -0.972. The summed E-state index contributed by atoms with van der Waals surface area (Å²) in [5.74, 6) is -8.65. The first-order valence-electron chi connectivity index (χ1n) is 6.17. The van der Waals surface area contributed by atoms with Gasteiger partial charge in [-0.15, -0.1) is 0 Å². The van der Waals surface area contributed by atoms with Crippen LogP contribution in [0.4, 0.5) is 0 Å². The fraction of sp³-hybridized carbons (Fsp3) is 1.00. The van der Waals surface area contributed by atoms with Gasteiger partial charge in [-0.1, -0.05) is 5.43 Å². The highest BCUT2D eigenvalue weighted by Gasteiger charge is 2.73. The lowest BCUT2D eigenvalue weighted by Gasteiger charge is -2.16. The number of nitrogens with zero attached hydrogens (tertiary/aromatic N) is 7. The van der Waals surface area contributed by atoms with Gasteiger partial charge in [0.1, 0.15) is 0 Å². The normalized spacial score (nSPS) is 11.5. The van der Waals surface area contributed by atoms with Gasteiger partial charge in [-0.25, -0.2) is 10.1 Å². The zero-order valence-corrected chi connectivity index (χ0v) is 13.2. The van der Waals surface area contributed by atoms with Gasteiger partial charge in [-0.05, 0) is 0 Å². The minimum Gasteiger partial charge on any atom is -0.308 e. The summed E-state index contributed by atoms with van der Waals surface area (Å²) in [5.41, 5.74) is 0.901. The smallest absolute Gasteiger partial charge is 0.308 e. The molecule has 0 aromatic carbocycles. The van der Waals surface area contributed by atoms with Crippen LogP contribution in [0.15, 0.2) is 0 Å². The Hall–Kier alpha value is -4.48. The molecule has 0 spiro atoms. The molecular weight excluding hydrogens is 428 g/mol. The summed E-state index contributed by atoms with van der Waals surface area (Å²) >= 11 is 0. The number of hydrogen-bond acceptors (Lipinski definition) is 16. The molecule has 29 heavy (non-hydrogen) atoms. The highest BCUT2D eigenvalue weighted by molar-refractivity contribution is 4.55. The molecular formula is C5H6N8O16. The Morgan fingerprint density at radius 3 is 1.00 bits per heavy atom. The second kappa shape index (κ2) is 8.94. The molecule has 0 aliphatic rings. The summed E-state index contributed by atoms with van der Waals surface area (Å²) in [4.78, 5) is 62.2. The van der Waals surface area contributed by atoms with Crippen molar-refractivity contribution in [1.29, 1.82) is 0 Å². The monoisotopic (exact) mass is 434 g/mol. The van der Waals surface area contributed by atoms with Gasteiger partial charge in [0.05, 0.1) is 0 Å². The number of rotatable bonds is 14. The maximum Gasteiger partial charge on any atom is 0.723 e. The van der Waals surface area contributed by atoms with E-state index in [0.29, 0.717) is 0 Å². The third-order valence-electron chi connectivity index (χ3n) is 2.82. The van der Waals surface area contributed by atoms with Crippen LogP contribution in [-0.2, 0) is 9.47 Å². The molecule has 0 aromatic rings. The predicted molar refractivity (Wildman–Crippen MR) is 73.3 cm³/mol. The highest BCUT2D eigenvalue weighted by Crippen LogP contribution is 2.17. The van der Waals surface area contributed by atoms with E-state index in [-0.39, 0.29) is 0 Å². The van der Waals surface area contributed by atoms with E-state index < -0.39 is 65.8 Å². The molecule has 0 unspecified atom stereocenters. The van der Waals surface area contributed by atoms with E-state index in [1.165, 1.54) is 0 Å². The van der Waals surface area contributed by atoms with Crippen molar-refractivity contribution in [1.82, 2.24) is 5.43 Å². The lowest BCUT2D eigenvalue weighted by atomic mass is 10.4. The first kappa shape index (κ1) is 24.5. The molecule has 0 rings (SSSR count). The van der Waals surface area contributed by atoms with Crippen molar-refractivity contribution in [3.05, 3.63) is 70.8 Å². The Kier molecular flexibility index (Phi) is 7.56. The molecule has 0 aromatic heterocycles. The second-order valence-electron chi connectivity index (χ2n) is 4.43. The first-order chi connectivity index (χ1) is 13.2. The van der Waals surface area contributed by atoms with Gasteiger partial charge in [-0.2, -0.15) is 0 Å². The van der Waals surface area contributed by atoms with Crippen LogP contribution in [0, 0.1) is 70.8 Å². The van der Waals surface area contributed by atoms with Crippen molar-refractivity contribution >= 4 is 0 Å². The van der Waals surface area contributed by atoms with E-state index in [0.717, 1.165) is 5.43 Å². The van der Waals surface area contributed by atoms with Crippen molar-refractivity contribution in [3.63, 3.8) is 0 Å². The molecule has 0 saturated carbocycles. The molecule has 162 valence electrons. The molecule has 0 atom stereocenters. The van der Waals surface area contributed by atoms with Gasteiger partial charge in [0.15, 0.2) is 34.6 Å². The van der Waals surface area contributed by atoms with Crippen molar-refractivity contribution in [2.45, 2.75) is 18.0 Å². The fourth-order valence-electron chi connectivity index (χ4n) is 1.30. The van der Waals surface area contributed by atoms with Crippen LogP contribution in [0.25, 0.3) is 0 Å². The van der Waals surface area contributed by atoms with E-state index in [1.54, 1.807) is 0 Å². The van der Waals surface area contributed by atoms with Gasteiger partial charge >= 0.3 is 11.6 Å². The van der Waals surface area contributed by atoms with E-state index >= 15 is 0 Å². The fourth-order valence-corrected chi connectivity index (χ4v) is 1.30. The van der Waals surface area contributed by atoms with E-state index in [9.17, 15) is 70.8 Å². The maximum absolute atomic E-state index is 10.7. The van der Waals surface area contributed by atoms with E-state index in [4.69, 9.17) is 0 Å². The van der Waals surface area contributed by atoms with E-state index in [2.05, 4.69) is 9.47 Å². The molecule has 24 nitrogen and oxygen atoms in total. The van der Waals surface area contributed by atoms with Gasteiger partial charge in [-0.3, -0.25) is 60.7 Å². The third-order valence-corrected chi connectivity index (χ3v) is 2.82. The summed E-state index contributed by atoms with van der Waals surface area (Å²) in [5, 5.41) is 73.0. The van der Waals surface area contributed by atoms with Gasteiger partial charge in [0, 0.05) is 0 Å². The Bertz CT molecular complexity index is 622. The van der Waals surface area contributed by atoms with Crippen LogP contribution in [0.3, 0.4) is 0 Å². The van der Waals surface area contributed by atoms with Crippen LogP contribution < -0.4 is 5.43 Å². The maximum atomic E-state index is 10.7. The number of ether oxygens (including phenoxy) is 2. The Balaban J connectivity index is 5.77. The summed E-state index contributed by atoms with van der Waals surface area (Å²) in [6.07, 6.45) is -2.90. The average molecular weight is 434 g/mol. The highest BCUT2D eigenvalue weighted by atomic mass is 16.8. The van der Waals surface area contributed by atoms with Crippen molar-refractivity contribution in [3.8, 4) is 0 Å². The standard InChI is InChI=1S/C5H6N8O16/c14-7(15)4(8(16)17,9(18)19)1-28-3(6-13(26)27)29-2-5(10(20)21,11(22)23)12(24)25/h3,6H,1-2H2. The molecule has 0 heterocycles. The van der Waals surface area contributed by atoms with Crippen LogP contribution in [0.2, 0.25) is 0 Å². The van der Waals surface area contributed by atoms with E-state index in [1.807, 2.05) is 0 Å². The van der Waals surface area contributed by atoms with Gasteiger partial charge in [0.25, 0.3) is 19.6 Å². The van der Waals surface area contributed by atoms with Crippen molar-refractivity contribution in [2.75, 3.05) is 13.2 Å². The number of hydrogen-bond donors (Lipinski definition) is 1. The molecule has 0 bridgehead atoms. The Morgan fingerprint density at radius 1 is 0.586 bits per heavy atom. The van der Waals surface area contributed by atoms with Gasteiger partial charge < -0.3 is 9.47 Å². The van der Waals surface area contributed by atoms with Crippen molar-refractivity contribution < 1.29 is 44.0 Å². The molecule has 0 amide bonds. The molecule has 1 N–H and O–H groups in total. The quantitative estimate of drug-likeness (QED) is 0.162. The largest absolute Gasteiger partial charge is 0.723 e. The summed E-state index contributed by atoms with van der Waals surface area (Å²) in [6.45, 7) is -4.40. The third kappa shape index (κ3) is 4.82. The van der Waals surface area contributed by atoms with Crippen LogP contribution in [0.5, 0.6) is 0 Å². The van der Waals surface area contributed by atoms with Crippen molar-refractivity contribution in [2.24, 2.45) is 0 Å². The molecule has 24 heteroatoms. The number of hydrazine groups is 1. The van der Waals surface area contributed by atoms with Crippen LogP contribution >= 0.6 is 0 Å². The molecule has 0 aliphatic heterocycles. The zero-order valence-electron chi connectivity index (χ0n) is 13.2. The predicted octanol–water partition coefficient (Wildman–Crippen LogP) is -2.95. The number of nitro groups is 7. The minimum absolute atomic E-state index is 0.901. The molecule has 0 aliphatic carbocycles. The SMILES string of the molecule is O=[N+]([O-])NC(OCC([N+](=O)[O-])([N+](=O)[O-])[N+](=O)[O-])OCC([N+](=O)[O-])([N+](=O)[O-])[N+](=O)[O-]. The lowest BCUT2D eigenvalue weighted by Crippen LogP contribution is -2.60. The number of nitrogens with one attached hydrogen (secondary N) is 1. The molecule has 0 radical (unpaired) electrons. The molecule has 0 saturated heterocycles. The second-order valence-corrected chi connectivity index (χ2v) is 4.43. The summed E-state index contributed by atoms with van der Waals surface area (Å²) in [7, 11) is 0. The van der Waals surface area contributed by atoms with Crippen LogP contribution in [-0.4, -0.2) is 65.8 Å². The average Bonchev–Trinajstić information content (AvgIpc) is 2.52. The minimum atomic E-state index is -4.33. The van der Waals surface area contributed by atoms with Crippen LogP contribution in [0.1, 0.15) is 0 Å². The first-order valence-corrected chi connectivity index (χ1v) is 6.17. The topological polar surface area (TPSA) is 332 Å². The Labute approximate surface area is 153 Å². The summed E-state index contributed by atoms with van der Waals surface area (Å²) < 4.78 is 8.14. The Morgan fingerprint density at radius 2 is 0.828 bits per heavy atom. The summed E-state index contributed by atoms with van der Waals surface area (Å²) in [6, 6.07) is 0. The van der Waals surface area contributed by atoms with Gasteiger partial charge in [0.2, 0.25) is 0 Å².